The van der Waals surface area contributed by atoms with E-state index in [1.54, 1.807) is 0 Å². The number of halogens is 1. The number of hydrogen-bond donors (Lipinski definition) is 2. The normalized spacial score (nSPS) is 17.8. The van der Waals surface area contributed by atoms with Crippen LogP contribution in [0, 0.1) is 15.9 Å². The molecular weight excluding hydrogens is 301 g/mol. The number of nitro groups is 1. The lowest BCUT2D eigenvalue weighted by atomic mass is 10.0. The van der Waals surface area contributed by atoms with Gasteiger partial charge in [0.2, 0.25) is 10.0 Å². The molecule has 1 fully saturated rings. The van der Waals surface area contributed by atoms with Gasteiger partial charge in [-0.2, -0.15) is 0 Å². The maximum absolute atomic E-state index is 13.9. The number of nitrogens with zero attached hydrogens (tertiary/aromatic N) is 1. The third-order valence-electron chi connectivity index (χ3n) is 3.72. The van der Waals surface area contributed by atoms with Crippen LogP contribution in [-0.4, -0.2) is 25.4 Å². The van der Waals surface area contributed by atoms with E-state index >= 15 is 0 Å². The number of non-ortho nitro benzene ring substituents is 1. The molecule has 0 atom stereocenters. The average Bonchev–Trinajstić information content (AvgIpc) is 2.86. The summed E-state index contributed by atoms with van der Waals surface area (Å²) in [7, 11) is -4.11. The molecule has 0 amide bonds. The van der Waals surface area contributed by atoms with Crippen molar-refractivity contribution in [2.75, 3.05) is 6.54 Å². The Hall–Kier alpha value is -1.58. The molecule has 0 unspecified atom stereocenters. The maximum Gasteiger partial charge on any atom is 0.272 e. The quantitative estimate of drug-likeness (QED) is 0.627. The van der Waals surface area contributed by atoms with Gasteiger partial charge in [0.05, 0.1) is 11.0 Å². The standard InChI is InChI=1S/C12H16FN3O4S/c13-10-7-9(16(17)18)3-4-11(10)21(19,20)15-12(8-14)5-1-2-6-12/h3-4,7,15H,1-2,5-6,8,14H2. The molecule has 0 radical (unpaired) electrons. The lowest BCUT2D eigenvalue weighted by Gasteiger charge is -2.28. The smallest absolute Gasteiger partial charge is 0.272 e. The van der Waals surface area contributed by atoms with Gasteiger partial charge in [-0.05, 0) is 18.9 Å². The van der Waals surface area contributed by atoms with E-state index in [0.717, 1.165) is 25.0 Å². The van der Waals surface area contributed by atoms with Crippen LogP contribution in [0.1, 0.15) is 25.7 Å². The number of hydrogen-bond acceptors (Lipinski definition) is 5. The zero-order chi connectivity index (χ0) is 15.7. The van der Waals surface area contributed by atoms with E-state index in [2.05, 4.69) is 4.72 Å². The summed E-state index contributed by atoms with van der Waals surface area (Å²) in [4.78, 5) is 9.16. The van der Waals surface area contributed by atoms with Gasteiger partial charge in [-0.3, -0.25) is 10.1 Å². The van der Waals surface area contributed by atoms with Crippen LogP contribution < -0.4 is 10.5 Å². The van der Waals surface area contributed by atoms with Gasteiger partial charge in [0.15, 0.2) is 0 Å². The van der Waals surface area contributed by atoms with Gasteiger partial charge in [0.1, 0.15) is 10.7 Å². The minimum absolute atomic E-state index is 0.126. The summed E-state index contributed by atoms with van der Waals surface area (Å²) in [5.74, 6) is -1.15. The molecule has 0 bridgehead atoms. The second-order valence-corrected chi connectivity index (χ2v) is 6.82. The summed E-state index contributed by atoms with van der Waals surface area (Å²) in [5, 5.41) is 10.5. The van der Waals surface area contributed by atoms with Gasteiger partial charge in [-0.15, -0.1) is 0 Å². The molecule has 0 spiro atoms. The van der Waals surface area contributed by atoms with Crippen molar-refractivity contribution in [1.82, 2.24) is 4.72 Å². The fraction of sp³-hybridized carbons (Fsp3) is 0.500. The van der Waals surface area contributed by atoms with Gasteiger partial charge in [0.25, 0.3) is 5.69 Å². The number of sulfonamides is 1. The van der Waals surface area contributed by atoms with Crippen LogP contribution in [-0.2, 0) is 10.0 Å². The van der Waals surface area contributed by atoms with Crippen LogP contribution in [0.2, 0.25) is 0 Å². The summed E-state index contributed by atoms with van der Waals surface area (Å²) < 4.78 is 40.9. The highest BCUT2D eigenvalue weighted by atomic mass is 32.2. The van der Waals surface area contributed by atoms with Crippen LogP contribution in [0.5, 0.6) is 0 Å². The summed E-state index contributed by atoms with van der Waals surface area (Å²) in [6.07, 6.45) is 2.89. The van der Waals surface area contributed by atoms with Crippen LogP contribution in [0.15, 0.2) is 23.1 Å². The molecule has 116 valence electrons. The first-order chi connectivity index (χ1) is 9.80. The molecule has 0 aromatic heterocycles. The van der Waals surface area contributed by atoms with Crippen molar-refractivity contribution in [3.8, 4) is 0 Å². The van der Waals surface area contributed by atoms with E-state index in [1.807, 2.05) is 0 Å². The van der Waals surface area contributed by atoms with Crippen molar-refractivity contribution in [3.05, 3.63) is 34.1 Å². The number of benzene rings is 1. The molecule has 1 aliphatic carbocycles. The third kappa shape index (κ3) is 3.20. The molecule has 1 aromatic rings. The highest BCUT2D eigenvalue weighted by Gasteiger charge is 2.37. The topological polar surface area (TPSA) is 115 Å². The zero-order valence-corrected chi connectivity index (χ0v) is 12.0. The second-order valence-electron chi connectivity index (χ2n) is 5.17. The van der Waals surface area contributed by atoms with Gasteiger partial charge in [-0.25, -0.2) is 17.5 Å². The molecule has 0 heterocycles. The Morgan fingerprint density at radius 2 is 2.00 bits per heavy atom. The van der Waals surface area contributed by atoms with E-state index in [1.165, 1.54) is 0 Å². The van der Waals surface area contributed by atoms with Crippen LogP contribution >= 0.6 is 0 Å². The molecule has 3 N–H and O–H groups in total. The van der Waals surface area contributed by atoms with Crippen LogP contribution in [0.4, 0.5) is 10.1 Å². The molecule has 7 nitrogen and oxygen atoms in total. The molecule has 9 heteroatoms. The fourth-order valence-corrected chi connectivity index (χ4v) is 4.09. The fourth-order valence-electron chi connectivity index (χ4n) is 2.56. The first-order valence-electron chi connectivity index (χ1n) is 6.48. The molecule has 0 aliphatic heterocycles. The first-order valence-corrected chi connectivity index (χ1v) is 7.96. The Morgan fingerprint density at radius 3 is 2.48 bits per heavy atom. The van der Waals surface area contributed by atoms with Crippen molar-refractivity contribution in [2.45, 2.75) is 36.1 Å². The zero-order valence-electron chi connectivity index (χ0n) is 11.2. The molecule has 1 aromatic carbocycles. The first kappa shape index (κ1) is 15.8. The highest BCUT2D eigenvalue weighted by Crippen LogP contribution is 2.31. The molecule has 1 saturated carbocycles. The van der Waals surface area contributed by atoms with Crippen molar-refractivity contribution < 1.29 is 17.7 Å². The van der Waals surface area contributed by atoms with Crippen molar-refractivity contribution in [2.24, 2.45) is 5.73 Å². The maximum atomic E-state index is 13.9. The predicted molar refractivity (Wildman–Crippen MR) is 73.6 cm³/mol. The van der Waals surface area contributed by atoms with Gasteiger partial charge in [0, 0.05) is 18.2 Å². The Labute approximate surface area is 121 Å². The van der Waals surface area contributed by atoms with Crippen molar-refractivity contribution in [1.29, 1.82) is 0 Å². The predicted octanol–water partition coefficient (Wildman–Crippen LogP) is 1.28. The van der Waals surface area contributed by atoms with E-state index in [-0.39, 0.29) is 6.54 Å². The van der Waals surface area contributed by atoms with E-state index in [0.29, 0.717) is 18.9 Å². The number of rotatable bonds is 5. The molecule has 2 rings (SSSR count). The van der Waals surface area contributed by atoms with Gasteiger partial charge < -0.3 is 5.73 Å². The number of nitrogens with one attached hydrogen (secondary N) is 1. The van der Waals surface area contributed by atoms with Crippen molar-refractivity contribution >= 4 is 15.7 Å². The average molecular weight is 317 g/mol. The Morgan fingerprint density at radius 1 is 1.38 bits per heavy atom. The van der Waals surface area contributed by atoms with E-state index in [4.69, 9.17) is 5.73 Å². The summed E-state index contributed by atoms with van der Waals surface area (Å²) >= 11 is 0. The molecular formula is C12H16FN3O4S. The summed E-state index contributed by atoms with van der Waals surface area (Å²) in [5.41, 5.74) is 4.39. The minimum atomic E-state index is -4.11. The summed E-state index contributed by atoms with van der Waals surface area (Å²) in [6, 6.07) is 2.45. The third-order valence-corrected chi connectivity index (χ3v) is 5.33. The molecule has 1 aliphatic rings. The van der Waals surface area contributed by atoms with Gasteiger partial charge in [-0.1, -0.05) is 12.8 Å². The molecule has 0 saturated heterocycles. The Balaban J connectivity index is 2.33. The van der Waals surface area contributed by atoms with Gasteiger partial charge >= 0.3 is 0 Å². The number of nitrogens with two attached hydrogens (primary N) is 1. The largest absolute Gasteiger partial charge is 0.329 e. The lowest BCUT2D eigenvalue weighted by molar-refractivity contribution is -0.385. The van der Waals surface area contributed by atoms with Crippen molar-refractivity contribution in [3.63, 3.8) is 0 Å². The Kier molecular flexibility index (Phi) is 4.26. The number of nitro benzene ring substituents is 1. The SMILES string of the molecule is NCC1(NS(=O)(=O)c2ccc([N+](=O)[O-])cc2F)CCCC1. The van der Waals surface area contributed by atoms with E-state index in [9.17, 15) is 22.9 Å². The van der Waals surface area contributed by atoms with Crippen LogP contribution in [0.3, 0.4) is 0 Å². The van der Waals surface area contributed by atoms with E-state index < -0.39 is 36.9 Å². The second kappa shape index (κ2) is 5.66. The Bertz CT molecular complexity index is 656. The summed E-state index contributed by atoms with van der Waals surface area (Å²) in [6.45, 7) is 0.126. The highest BCUT2D eigenvalue weighted by molar-refractivity contribution is 7.89. The molecule has 21 heavy (non-hydrogen) atoms. The minimum Gasteiger partial charge on any atom is -0.329 e. The van der Waals surface area contributed by atoms with Crippen LogP contribution in [0.25, 0.3) is 0 Å². The monoisotopic (exact) mass is 317 g/mol. The lowest BCUT2D eigenvalue weighted by Crippen LogP contribution is -2.51.